The molecule has 7 nitrogen and oxygen atoms in total. The zero-order valence-corrected chi connectivity index (χ0v) is 13.7. The highest BCUT2D eigenvalue weighted by Crippen LogP contribution is 2.20. The molecule has 2 amide bonds. The van der Waals surface area contributed by atoms with Gasteiger partial charge in [0.1, 0.15) is 18.5 Å². The average molecular weight is 347 g/mol. The molecule has 8 heteroatoms. The molecule has 124 valence electrons. The van der Waals surface area contributed by atoms with Crippen LogP contribution in [0, 0.1) is 0 Å². The Balaban J connectivity index is 1.67. The summed E-state index contributed by atoms with van der Waals surface area (Å²) in [5.74, 6) is -0.226. The van der Waals surface area contributed by atoms with Crippen LogP contribution in [0.1, 0.15) is 20.7 Å². The fourth-order valence-corrected chi connectivity index (χ4v) is 2.46. The second-order valence-electron chi connectivity index (χ2n) is 5.34. The lowest BCUT2D eigenvalue weighted by Gasteiger charge is -2.25. The van der Waals surface area contributed by atoms with Crippen molar-refractivity contribution in [1.29, 1.82) is 0 Å². The van der Waals surface area contributed by atoms with Crippen molar-refractivity contribution < 1.29 is 14.3 Å². The van der Waals surface area contributed by atoms with Crippen LogP contribution in [0.2, 0.25) is 5.02 Å². The van der Waals surface area contributed by atoms with Crippen molar-refractivity contribution >= 4 is 23.4 Å². The first-order valence-corrected chi connectivity index (χ1v) is 7.68. The Morgan fingerprint density at radius 2 is 2.17 bits per heavy atom. The molecule has 1 aliphatic rings. The van der Waals surface area contributed by atoms with Gasteiger partial charge in [-0.1, -0.05) is 11.6 Å². The number of ether oxygens (including phenoxy) is 1. The summed E-state index contributed by atoms with van der Waals surface area (Å²) < 4.78 is 5.57. The predicted octanol–water partition coefficient (Wildman–Crippen LogP) is 1.39. The Morgan fingerprint density at radius 3 is 2.92 bits per heavy atom. The van der Waals surface area contributed by atoms with E-state index in [4.69, 9.17) is 16.3 Å². The Labute approximate surface area is 143 Å². The summed E-state index contributed by atoms with van der Waals surface area (Å²) in [7, 11) is 1.66. The average Bonchev–Trinajstić information content (AvgIpc) is 2.72. The highest BCUT2D eigenvalue weighted by atomic mass is 35.5. The summed E-state index contributed by atoms with van der Waals surface area (Å²) in [6.45, 7) is 0.484. The maximum Gasteiger partial charge on any atom is 0.261 e. The summed E-state index contributed by atoms with van der Waals surface area (Å²) in [4.78, 5) is 34.0. The number of nitrogens with zero attached hydrogens (tertiary/aromatic N) is 3. The molecule has 1 N–H and O–H groups in total. The Kier molecular flexibility index (Phi) is 4.61. The number of halogens is 1. The summed E-state index contributed by atoms with van der Waals surface area (Å²) in [6, 6.07) is 6.26. The van der Waals surface area contributed by atoms with Gasteiger partial charge in [-0.05, 0) is 24.3 Å². The van der Waals surface area contributed by atoms with E-state index >= 15 is 0 Å². The topological polar surface area (TPSA) is 84.4 Å². The van der Waals surface area contributed by atoms with Gasteiger partial charge < -0.3 is 15.0 Å². The van der Waals surface area contributed by atoms with E-state index in [0.717, 1.165) is 0 Å². The van der Waals surface area contributed by atoms with E-state index in [1.807, 2.05) is 0 Å². The minimum Gasteiger partial charge on any atom is -0.475 e. The molecule has 0 fully saturated rings. The smallest absolute Gasteiger partial charge is 0.261 e. The van der Waals surface area contributed by atoms with Gasteiger partial charge >= 0.3 is 0 Å². The van der Waals surface area contributed by atoms with E-state index < -0.39 is 0 Å². The molecular formula is C16H15ClN4O3. The van der Waals surface area contributed by atoms with Crippen molar-refractivity contribution in [3.63, 3.8) is 0 Å². The molecule has 2 heterocycles. The Hall–Kier alpha value is -2.67. The lowest BCUT2D eigenvalue weighted by molar-refractivity contribution is 0.0701. The van der Waals surface area contributed by atoms with E-state index in [0.29, 0.717) is 16.1 Å². The second kappa shape index (κ2) is 6.84. The number of carbonyl (C=O) groups excluding carboxylic acids is 2. The molecule has 1 unspecified atom stereocenters. The number of benzene rings is 1. The molecule has 2 aromatic rings. The van der Waals surface area contributed by atoms with Crippen molar-refractivity contribution in [1.82, 2.24) is 20.2 Å². The van der Waals surface area contributed by atoms with Gasteiger partial charge in [-0.3, -0.25) is 9.59 Å². The number of fused-ring (bicyclic) bond motifs is 1. The first kappa shape index (κ1) is 16.2. The van der Waals surface area contributed by atoms with Gasteiger partial charge in [-0.15, -0.1) is 0 Å². The largest absolute Gasteiger partial charge is 0.475 e. The van der Waals surface area contributed by atoms with Crippen LogP contribution >= 0.6 is 11.6 Å². The molecule has 0 saturated carbocycles. The molecule has 1 atom stereocenters. The van der Waals surface area contributed by atoms with Crippen LogP contribution in [0.15, 0.2) is 36.8 Å². The highest BCUT2D eigenvalue weighted by molar-refractivity contribution is 6.30. The van der Waals surface area contributed by atoms with E-state index in [2.05, 4.69) is 15.3 Å². The van der Waals surface area contributed by atoms with E-state index in [-0.39, 0.29) is 36.9 Å². The first-order valence-electron chi connectivity index (χ1n) is 7.30. The summed E-state index contributed by atoms with van der Waals surface area (Å²) in [5.41, 5.74) is 0.809. The van der Waals surface area contributed by atoms with Crippen molar-refractivity contribution in [3.05, 3.63) is 52.9 Å². The summed E-state index contributed by atoms with van der Waals surface area (Å²) in [6.07, 6.45) is 2.75. The molecular weight excluding hydrogens is 332 g/mol. The number of aromatic nitrogens is 2. The van der Waals surface area contributed by atoms with Gasteiger partial charge in [0.15, 0.2) is 0 Å². The fourth-order valence-electron chi connectivity index (χ4n) is 2.33. The van der Waals surface area contributed by atoms with Crippen LogP contribution in [-0.4, -0.2) is 52.9 Å². The fraction of sp³-hybridized carbons (Fsp3) is 0.250. The van der Waals surface area contributed by atoms with Crippen LogP contribution in [-0.2, 0) is 0 Å². The maximum absolute atomic E-state index is 12.4. The van der Waals surface area contributed by atoms with Crippen molar-refractivity contribution in [2.75, 3.05) is 20.2 Å². The van der Waals surface area contributed by atoms with Crippen molar-refractivity contribution in [2.45, 2.75) is 6.04 Å². The van der Waals surface area contributed by atoms with Crippen molar-refractivity contribution in [2.24, 2.45) is 0 Å². The van der Waals surface area contributed by atoms with E-state index in [9.17, 15) is 9.59 Å². The SMILES string of the molecule is CN1C(=O)c2cncnc2OCC1CNC(=O)c1ccc(Cl)cc1. The van der Waals surface area contributed by atoms with Crippen LogP contribution in [0.3, 0.4) is 0 Å². The van der Waals surface area contributed by atoms with Gasteiger partial charge in [0.2, 0.25) is 5.88 Å². The van der Waals surface area contributed by atoms with Crippen LogP contribution in [0.25, 0.3) is 0 Å². The molecule has 0 spiro atoms. The Bertz CT molecular complexity index is 766. The molecule has 0 radical (unpaired) electrons. The minimum absolute atomic E-state index is 0.229. The molecule has 3 rings (SSSR count). The maximum atomic E-state index is 12.4. The second-order valence-corrected chi connectivity index (χ2v) is 5.78. The van der Waals surface area contributed by atoms with Crippen LogP contribution in [0.5, 0.6) is 5.88 Å². The third kappa shape index (κ3) is 3.30. The van der Waals surface area contributed by atoms with Crippen LogP contribution < -0.4 is 10.1 Å². The molecule has 1 aromatic carbocycles. The molecule has 0 aliphatic carbocycles. The zero-order valence-electron chi connectivity index (χ0n) is 12.9. The third-order valence-electron chi connectivity index (χ3n) is 3.79. The molecule has 24 heavy (non-hydrogen) atoms. The lowest BCUT2D eigenvalue weighted by Crippen LogP contribution is -2.46. The zero-order chi connectivity index (χ0) is 17.1. The molecule has 1 aromatic heterocycles. The van der Waals surface area contributed by atoms with Crippen molar-refractivity contribution in [3.8, 4) is 5.88 Å². The van der Waals surface area contributed by atoms with Gasteiger partial charge in [-0.2, -0.15) is 0 Å². The molecule has 0 bridgehead atoms. The number of rotatable bonds is 3. The van der Waals surface area contributed by atoms with Crippen LogP contribution in [0.4, 0.5) is 0 Å². The highest BCUT2D eigenvalue weighted by Gasteiger charge is 2.29. The van der Waals surface area contributed by atoms with Gasteiger partial charge in [-0.25, -0.2) is 9.97 Å². The van der Waals surface area contributed by atoms with Gasteiger partial charge in [0.05, 0.1) is 6.04 Å². The number of amides is 2. The lowest BCUT2D eigenvalue weighted by atomic mass is 10.2. The number of hydrogen-bond acceptors (Lipinski definition) is 5. The van der Waals surface area contributed by atoms with E-state index in [1.54, 1.807) is 31.3 Å². The third-order valence-corrected chi connectivity index (χ3v) is 4.04. The standard InChI is InChI=1S/C16H15ClN4O3/c1-21-12(6-19-14(22)10-2-4-11(17)5-3-10)8-24-15-13(16(21)23)7-18-9-20-15/h2-5,7,9,12H,6,8H2,1H3,(H,19,22). The first-order chi connectivity index (χ1) is 11.6. The molecule has 0 saturated heterocycles. The number of likely N-dealkylation sites (N-methyl/N-ethyl adjacent to an activating group) is 1. The number of carbonyl (C=O) groups is 2. The van der Waals surface area contributed by atoms with Gasteiger partial charge in [0, 0.05) is 30.4 Å². The Morgan fingerprint density at radius 1 is 1.42 bits per heavy atom. The minimum atomic E-state index is -0.317. The number of nitrogens with one attached hydrogen (secondary N) is 1. The van der Waals surface area contributed by atoms with E-state index in [1.165, 1.54) is 17.4 Å². The molecule has 1 aliphatic heterocycles. The monoisotopic (exact) mass is 346 g/mol. The number of hydrogen-bond donors (Lipinski definition) is 1. The summed E-state index contributed by atoms with van der Waals surface area (Å²) in [5, 5.41) is 3.36. The quantitative estimate of drug-likeness (QED) is 0.908. The van der Waals surface area contributed by atoms with Gasteiger partial charge in [0.25, 0.3) is 11.8 Å². The predicted molar refractivity (Wildman–Crippen MR) is 87.2 cm³/mol. The normalized spacial score (nSPS) is 16.8. The summed E-state index contributed by atoms with van der Waals surface area (Å²) >= 11 is 5.81.